The molecule has 2 heterocycles. The molecular weight excluding hydrogens is 344 g/mol. The number of thiazole rings is 1. The average molecular weight is 357 g/mol. The van der Waals surface area contributed by atoms with Gasteiger partial charge in [-0.2, -0.15) is 0 Å². The van der Waals surface area contributed by atoms with Crippen LogP contribution in [0.25, 0.3) is 0 Å². The van der Waals surface area contributed by atoms with E-state index in [9.17, 15) is 4.79 Å². The van der Waals surface area contributed by atoms with E-state index in [1.165, 1.54) is 28.3 Å². The molecular formula is C13H13BrN2OS2. The lowest BCUT2D eigenvalue weighted by Crippen LogP contribution is -2.10. The summed E-state index contributed by atoms with van der Waals surface area (Å²) in [5.41, 5.74) is 1.17. The normalized spacial score (nSPS) is 18.1. The van der Waals surface area contributed by atoms with E-state index in [1.54, 1.807) is 11.3 Å². The molecule has 0 radical (unpaired) electrons. The van der Waals surface area contributed by atoms with Crippen LogP contribution in [0.2, 0.25) is 0 Å². The van der Waals surface area contributed by atoms with Gasteiger partial charge in [-0.1, -0.05) is 6.92 Å². The van der Waals surface area contributed by atoms with Crippen LogP contribution in [0.3, 0.4) is 0 Å². The van der Waals surface area contributed by atoms with E-state index in [-0.39, 0.29) is 5.91 Å². The third-order valence-corrected chi connectivity index (χ3v) is 5.86. The lowest BCUT2D eigenvalue weighted by atomic mass is 9.93. The van der Waals surface area contributed by atoms with Crippen molar-refractivity contribution < 1.29 is 4.79 Å². The molecule has 3 rings (SSSR count). The Hall–Kier alpha value is -0.720. The number of halogens is 1. The maximum Gasteiger partial charge on any atom is 0.267 e. The number of fused-ring (bicyclic) bond motifs is 1. The zero-order valence-electron chi connectivity index (χ0n) is 10.4. The van der Waals surface area contributed by atoms with E-state index in [4.69, 9.17) is 0 Å². The summed E-state index contributed by atoms with van der Waals surface area (Å²) in [7, 11) is 0. The molecule has 1 N–H and O–H groups in total. The quantitative estimate of drug-likeness (QED) is 0.869. The van der Waals surface area contributed by atoms with Crippen LogP contribution in [0, 0.1) is 5.92 Å². The van der Waals surface area contributed by atoms with E-state index in [0.29, 0.717) is 4.88 Å². The van der Waals surface area contributed by atoms with Crippen molar-refractivity contribution in [1.29, 1.82) is 0 Å². The summed E-state index contributed by atoms with van der Waals surface area (Å²) in [6.45, 7) is 2.27. The van der Waals surface area contributed by atoms with Gasteiger partial charge in [-0.25, -0.2) is 4.98 Å². The lowest BCUT2D eigenvalue weighted by molar-refractivity contribution is 0.103. The molecule has 1 aliphatic carbocycles. The van der Waals surface area contributed by atoms with Crippen molar-refractivity contribution in [2.45, 2.75) is 26.2 Å². The van der Waals surface area contributed by atoms with Gasteiger partial charge in [-0.15, -0.1) is 22.7 Å². The number of carbonyl (C=O) groups is 1. The molecule has 2 aromatic rings. The van der Waals surface area contributed by atoms with Crippen LogP contribution in [-0.4, -0.2) is 10.9 Å². The second-order valence-corrected chi connectivity index (χ2v) is 8.34. The number of amides is 1. The van der Waals surface area contributed by atoms with E-state index in [1.807, 2.05) is 12.1 Å². The number of thiophene rings is 1. The molecule has 19 heavy (non-hydrogen) atoms. The van der Waals surface area contributed by atoms with E-state index in [2.05, 4.69) is 33.2 Å². The maximum absolute atomic E-state index is 12.0. The largest absolute Gasteiger partial charge is 0.297 e. The number of carbonyl (C=O) groups excluding carboxylic acids is 1. The first-order chi connectivity index (χ1) is 9.11. The number of nitrogens with zero attached hydrogens (tertiary/aromatic N) is 1. The SMILES string of the molecule is C[C@@H]1CCc2nc(NC(=O)c3ccc(Br)s3)sc2C1. The van der Waals surface area contributed by atoms with Gasteiger partial charge >= 0.3 is 0 Å². The van der Waals surface area contributed by atoms with Crippen LogP contribution < -0.4 is 5.32 Å². The zero-order valence-corrected chi connectivity index (χ0v) is 13.6. The standard InChI is InChI=1S/C13H13BrN2OS2/c1-7-2-3-8-10(6-7)19-13(15-8)16-12(17)9-4-5-11(14)18-9/h4-5,7H,2-3,6H2,1H3,(H,15,16,17)/t7-/m1/s1. The summed E-state index contributed by atoms with van der Waals surface area (Å²) in [6, 6.07) is 3.70. The number of aryl methyl sites for hydroxylation is 1. The monoisotopic (exact) mass is 356 g/mol. The molecule has 2 aromatic heterocycles. The molecule has 3 nitrogen and oxygen atoms in total. The van der Waals surface area contributed by atoms with E-state index in [0.717, 1.165) is 27.7 Å². The maximum atomic E-state index is 12.0. The number of aromatic nitrogens is 1. The molecule has 0 fully saturated rings. The third kappa shape index (κ3) is 2.90. The lowest BCUT2D eigenvalue weighted by Gasteiger charge is -2.15. The Morgan fingerprint density at radius 2 is 2.32 bits per heavy atom. The highest BCUT2D eigenvalue weighted by Gasteiger charge is 2.20. The van der Waals surface area contributed by atoms with Crippen LogP contribution in [0.5, 0.6) is 0 Å². The molecule has 0 spiro atoms. The minimum Gasteiger partial charge on any atom is -0.297 e. The van der Waals surface area contributed by atoms with Crippen molar-refractivity contribution in [3.05, 3.63) is 31.4 Å². The molecule has 1 amide bonds. The molecule has 1 aliphatic rings. The van der Waals surface area contributed by atoms with Crippen LogP contribution in [0.1, 0.15) is 33.6 Å². The number of hydrogen-bond acceptors (Lipinski definition) is 4. The van der Waals surface area contributed by atoms with Crippen molar-refractivity contribution in [2.75, 3.05) is 5.32 Å². The van der Waals surface area contributed by atoms with Crippen molar-refractivity contribution in [3.63, 3.8) is 0 Å². The first kappa shape index (κ1) is 13.3. The topological polar surface area (TPSA) is 42.0 Å². The summed E-state index contributed by atoms with van der Waals surface area (Å²) in [6.07, 6.45) is 3.32. The van der Waals surface area contributed by atoms with Crippen LogP contribution in [0.15, 0.2) is 15.9 Å². The third-order valence-electron chi connectivity index (χ3n) is 3.20. The smallest absolute Gasteiger partial charge is 0.267 e. The fourth-order valence-corrected chi connectivity index (χ4v) is 4.64. The minimum absolute atomic E-state index is 0.0742. The summed E-state index contributed by atoms with van der Waals surface area (Å²) in [5, 5.41) is 3.63. The molecule has 0 aromatic carbocycles. The average Bonchev–Trinajstić information content (AvgIpc) is 2.94. The molecule has 6 heteroatoms. The Kier molecular flexibility index (Phi) is 3.73. The van der Waals surface area contributed by atoms with E-state index < -0.39 is 0 Å². The van der Waals surface area contributed by atoms with Crippen molar-refractivity contribution >= 4 is 49.6 Å². The molecule has 0 saturated heterocycles. The first-order valence-electron chi connectivity index (χ1n) is 6.17. The Morgan fingerprint density at radius 1 is 1.47 bits per heavy atom. The summed E-state index contributed by atoms with van der Waals surface area (Å²) < 4.78 is 0.963. The molecule has 0 aliphatic heterocycles. The molecule has 1 atom stereocenters. The number of nitrogens with one attached hydrogen (secondary N) is 1. The highest BCUT2D eigenvalue weighted by Crippen LogP contribution is 2.32. The Labute approximate surface area is 128 Å². The number of hydrogen-bond donors (Lipinski definition) is 1. The molecule has 0 saturated carbocycles. The first-order valence-corrected chi connectivity index (χ1v) is 8.59. The molecule has 0 bridgehead atoms. The van der Waals surface area contributed by atoms with Crippen LogP contribution in [0.4, 0.5) is 5.13 Å². The van der Waals surface area contributed by atoms with Gasteiger partial charge in [0.25, 0.3) is 5.91 Å². The Bertz CT molecular complexity index is 620. The van der Waals surface area contributed by atoms with Gasteiger partial charge < -0.3 is 0 Å². The summed E-state index contributed by atoms with van der Waals surface area (Å²) in [5.74, 6) is 0.652. The van der Waals surface area contributed by atoms with Crippen molar-refractivity contribution in [3.8, 4) is 0 Å². The van der Waals surface area contributed by atoms with Gasteiger partial charge in [0.2, 0.25) is 0 Å². The zero-order chi connectivity index (χ0) is 13.4. The van der Waals surface area contributed by atoms with Crippen molar-refractivity contribution in [2.24, 2.45) is 5.92 Å². The summed E-state index contributed by atoms with van der Waals surface area (Å²) in [4.78, 5) is 18.6. The fourth-order valence-electron chi connectivity index (χ4n) is 2.19. The second kappa shape index (κ2) is 5.34. The predicted octanol–water partition coefficient (Wildman–Crippen LogP) is 4.34. The number of anilines is 1. The summed E-state index contributed by atoms with van der Waals surface area (Å²) >= 11 is 6.41. The van der Waals surface area contributed by atoms with Gasteiger partial charge in [0.05, 0.1) is 14.4 Å². The number of rotatable bonds is 2. The van der Waals surface area contributed by atoms with Gasteiger partial charge in [0.15, 0.2) is 5.13 Å². The van der Waals surface area contributed by atoms with Gasteiger partial charge in [-0.3, -0.25) is 10.1 Å². The van der Waals surface area contributed by atoms with Gasteiger partial charge in [0.1, 0.15) is 0 Å². The molecule has 100 valence electrons. The highest BCUT2D eigenvalue weighted by atomic mass is 79.9. The highest BCUT2D eigenvalue weighted by molar-refractivity contribution is 9.11. The second-order valence-electron chi connectivity index (χ2n) is 4.79. The van der Waals surface area contributed by atoms with Crippen LogP contribution in [-0.2, 0) is 12.8 Å². The van der Waals surface area contributed by atoms with Crippen LogP contribution >= 0.6 is 38.6 Å². The van der Waals surface area contributed by atoms with E-state index >= 15 is 0 Å². The Morgan fingerprint density at radius 3 is 3.05 bits per heavy atom. The molecule has 0 unspecified atom stereocenters. The Balaban J connectivity index is 1.75. The van der Waals surface area contributed by atoms with Crippen molar-refractivity contribution in [1.82, 2.24) is 4.98 Å². The van der Waals surface area contributed by atoms with Gasteiger partial charge in [0, 0.05) is 4.88 Å². The minimum atomic E-state index is -0.0742. The fraction of sp³-hybridized carbons (Fsp3) is 0.385. The van der Waals surface area contributed by atoms with Gasteiger partial charge in [-0.05, 0) is 53.2 Å². The predicted molar refractivity (Wildman–Crippen MR) is 83.3 cm³/mol.